The van der Waals surface area contributed by atoms with E-state index >= 15 is 0 Å². The number of rotatable bonds is 9. The van der Waals surface area contributed by atoms with Gasteiger partial charge in [-0.1, -0.05) is 42.1 Å². The molecule has 0 bridgehead atoms. The number of hydrogen-bond donors (Lipinski definition) is 2. The molecule has 0 aliphatic rings. The highest BCUT2D eigenvalue weighted by Gasteiger charge is 2.16. The third-order valence-corrected chi connectivity index (χ3v) is 5.92. The van der Waals surface area contributed by atoms with Gasteiger partial charge < -0.3 is 23.8 Å². The Kier molecular flexibility index (Phi) is 6.65. The quantitative estimate of drug-likeness (QED) is 0.398. The van der Waals surface area contributed by atoms with Gasteiger partial charge in [0.1, 0.15) is 5.52 Å². The van der Waals surface area contributed by atoms with E-state index in [4.69, 9.17) is 24.6 Å². The molecule has 166 valence electrons. The van der Waals surface area contributed by atoms with Crippen LogP contribution in [0.5, 0.6) is 17.2 Å². The zero-order chi connectivity index (χ0) is 22.5. The second-order valence-corrected chi connectivity index (χ2v) is 8.14. The topological polar surface area (TPSA) is 98.0 Å². The van der Waals surface area contributed by atoms with Gasteiger partial charge in [0.25, 0.3) is 0 Å². The van der Waals surface area contributed by atoms with Crippen LogP contribution in [0, 0.1) is 5.41 Å². The number of fused-ring (bicyclic) bond motifs is 1. The molecular formula is C23H25N5O3S. The van der Waals surface area contributed by atoms with Gasteiger partial charge in [0.05, 0.1) is 27.7 Å². The van der Waals surface area contributed by atoms with E-state index in [-0.39, 0.29) is 5.49 Å². The Morgan fingerprint density at radius 3 is 2.41 bits per heavy atom. The van der Waals surface area contributed by atoms with Crippen LogP contribution >= 0.6 is 11.8 Å². The van der Waals surface area contributed by atoms with Crippen LogP contribution < -0.4 is 19.7 Å². The van der Waals surface area contributed by atoms with Gasteiger partial charge in [-0.15, -0.1) is 0 Å². The van der Waals surface area contributed by atoms with Crippen LogP contribution in [0.1, 0.15) is 12.0 Å². The molecule has 9 heteroatoms. The maximum atomic E-state index is 8.18. The van der Waals surface area contributed by atoms with Crippen molar-refractivity contribution in [1.29, 1.82) is 5.41 Å². The lowest BCUT2D eigenvalue weighted by Gasteiger charge is -2.13. The summed E-state index contributed by atoms with van der Waals surface area (Å²) >= 11 is 1.42. The summed E-state index contributed by atoms with van der Waals surface area (Å²) in [5.74, 6) is 1.69. The van der Waals surface area contributed by atoms with E-state index in [1.54, 1.807) is 27.7 Å². The van der Waals surface area contributed by atoms with Gasteiger partial charge >= 0.3 is 0 Å². The van der Waals surface area contributed by atoms with Crippen molar-refractivity contribution >= 4 is 22.9 Å². The van der Waals surface area contributed by atoms with Crippen LogP contribution in [-0.2, 0) is 13.0 Å². The number of methoxy groups -OCH3 is 3. The Bertz CT molecular complexity index is 1240. The molecule has 32 heavy (non-hydrogen) atoms. The first kappa shape index (κ1) is 21.8. The number of H-pyrrole nitrogens is 1. The molecule has 0 radical (unpaired) electrons. The molecule has 0 aliphatic heterocycles. The highest BCUT2D eigenvalue weighted by molar-refractivity contribution is 7.99. The van der Waals surface area contributed by atoms with Crippen molar-refractivity contribution in [3.63, 3.8) is 0 Å². The summed E-state index contributed by atoms with van der Waals surface area (Å²) in [5, 5.41) is 8.84. The molecule has 4 rings (SSSR count). The molecule has 0 saturated heterocycles. The molecule has 2 heterocycles. The SMILES string of the molecule is COc1cc(Sc2nc3c([nH]2)c(=N)ncn3CCCc2ccccc2)cc(OC)c1OC. The van der Waals surface area contributed by atoms with Gasteiger partial charge in [-0.05, 0) is 30.5 Å². The van der Waals surface area contributed by atoms with Crippen LogP contribution in [-0.4, -0.2) is 40.8 Å². The van der Waals surface area contributed by atoms with Crippen LogP contribution in [0.3, 0.4) is 0 Å². The molecule has 0 aliphatic carbocycles. The predicted octanol–water partition coefficient (Wildman–Crippen LogP) is 4.05. The Labute approximate surface area is 190 Å². The van der Waals surface area contributed by atoms with E-state index in [0.29, 0.717) is 33.6 Å². The molecule has 2 aromatic carbocycles. The lowest BCUT2D eigenvalue weighted by Crippen LogP contribution is -2.13. The number of aromatic amines is 1. The van der Waals surface area contributed by atoms with E-state index in [1.807, 2.05) is 22.8 Å². The Morgan fingerprint density at radius 1 is 1.03 bits per heavy atom. The zero-order valence-electron chi connectivity index (χ0n) is 18.2. The summed E-state index contributed by atoms with van der Waals surface area (Å²) < 4.78 is 18.3. The molecule has 0 atom stereocenters. The van der Waals surface area contributed by atoms with Crippen molar-refractivity contribution in [2.45, 2.75) is 29.4 Å². The largest absolute Gasteiger partial charge is 0.493 e. The molecule has 4 aromatic rings. The Hall–Kier alpha value is -3.46. The third-order valence-electron chi connectivity index (χ3n) is 5.06. The number of ether oxygens (including phenoxy) is 3. The van der Waals surface area contributed by atoms with E-state index in [0.717, 1.165) is 24.3 Å². The fraction of sp³-hybridized carbons (Fsp3) is 0.261. The minimum atomic E-state index is 0.170. The first-order valence-corrected chi connectivity index (χ1v) is 11.0. The van der Waals surface area contributed by atoms with Crippen molar-refractivity contribution < 1.29 is 14.2 Å². The van der Waals surface area contributed by atoms with Gasteiger partial charge in [-0.25, -0.2) is 9.97 Å². The van der Waals surface area contributed by atoms with Crippen molar-refractivity contribution in [3.8, 4) is 17.2 Å². The fourth-order valence-electron chi connectivity index (χ4n) is 3.50. The summed E-state index contributed by atoms with van der Waals surface area (Å²) in [5.41, 5.74) is 2.80. The average molecular weight is 452 g/mol. The number of aromatic nitrogens is 4. The second-order valence-electron chi connectivity index (χ2n) is 7.08. The molecule has 8 nitrogen and oxygen atoms in total. The number of imidazole rings is 1. The molecule has 0 unspecified atom stereocenters. The highest BCUT2D eigenvalue weighted by atomic mass is 32.2. The first-order chi connectivity index (χ1) is 15.6. The van der Waals surface area contributed by atoms with Gasteiger partial charge in [0.2, 0.25) is 5.75 Å². The summed E-state index contributed by atoms with van der Waals surface area (Å²) in [4.78, 5) is 13.1. The van der Waals surface area contributed by atoms with Gasteiger partial charge in [0, 0.05) is 11.4 Å². The summed E-state index contributed by atoms with van der Waals surface area (Å²) in [6.45, 7) is 0.762. The van der Waals surface area contributed by atoms with Crippen LogP contribution in [0.15, 0.2) is 58.8 Å². The monoisotopic (exact) mass is 451 g/mol. The Morgan fingerprint density at radius 2 is 1.75 bits per heavy atom. The predicted molar refractivity (Wildman–Crippen MR) is 123 cm³/mol. The number of hydrogen-bond acceptors (Lipinski definition) is 7. The summed E-state index contributed by atoms with van der Waals surface area (Å²) in [7, 11) is 4.75. The maximum Gasteiger partial charge on any atom is 0.203 e. The number of nitrogens with zero attached hydrogens (tertiary/aromatic N) is 3. The van der Waals surface area contributed by atoms with Gasteiger partial charge in [0.15, 0.2) is 27.8 Å². The van der Waals surface area contributed by atoms with Gasteiger partial charge in [-0.3, -0.25) is 5.41 Å². The van der Waals surface area contributed by atoms with Crippen molar-refractivity contribution in [2.75, 3.05) is 21.3 Å². The number of benzene rings is 2. The lowest BCUT2D eigenvalue weighted by atomic mass is 10.1. The molecule has 0 amide bonds. The number of aryl methyl sites for hydroxylation is 2. The van der Waals surface area contributed by atoms with E-state index in [1.165, 1.54) is 17.3 Å². The first-order valence-electron chi connectivity index (χ1n) is 10.1. The van der Waals surface area contributed by atoms with Crippen molar-refractivity contribution in [2.24, 2.45) is 0 Å². The average Bonchev–Trinajstić information content (AvgIpc) is 3.25. The van der Waals surface area contributed by atoms with Crippen LogP contribution in [0.2, 0.25) is 0 Å². The van der Waals surface area contributed by atoms with Crippen molar-refractivity contribution in [1.82, 2.24) is 19.5 Å². The number of nitrogens with one attached hydrogen (secondary N) is 2. The van der Waals surface area contributed by atoms with Crippen molar-refractivity contribution in [3.05, 3.63) is 59.8 Å². The minimum Gasteiger partial charge on any atom is -0.493 e. The molecule has 0 saturated carbocycles. The second kappa shape index (κ2) is 9.78. The highest BCUT2D eigenvalue weighted by Crippen LogP contribution is 2.42. The summed E-state index contributed by atoms with van der Waals surface area (Å²) in [6.07, 6.45) is 3.60. The summed E-state index contributed by atoms with van der Waals surface area (Å²) in [6, 6.07) is 14.1. The molecule has 2 aromatic heterocycles. The van der Waals surface area contributed by atoms with E-state index < -0.39 is 0 Å². The smallest absolute Gasteiger partial charge is 0.203 e. The minimum absolute atomic E-state index is 0.170. The Balaban J connectivity index is 1.59. The molecule has 0 spiro atoms. The normalized spacial score (nSPS) is 11.0. The maximum absolute atomic E-state index is 8.18. The standard InChI is InChI=1S/C23H25N5O3S/c1-29-17-12-16(13-18(30-2)20(17)31-3)32-23-26-19-21(24)25-14-28(22(19)27-23)11-7-10-15-8-5-4-6-9-15/h4-6,8-9,12-14,24H,7,10-11H2,1-3H3,(H,26,27). The van der Waals surface area contributed by atoms with Crippen LogP contribution in [0.25, 0.3) is 11.2 Å². The molecule has 0 fully saturated rings. The fourth-order valence-corrected chi connectivity index (χ4v) is 4.34. The molecular weight excluding hydrogens is 426 g/mol. The molecule has 2 N–H and O–H groups in total. The van der Waals surface area contributed by atoms with E-state index in [9.17, 15) is 0 Å². The third kappa shape index (κ3) is 4.57. The lowest BCUT2D eigenvalue weighted by molar-refractivity contribution is 0.323. The van der Waals surface area contributed by atoms with E-state index in [2.05, 4.69) is 34.2 Å². The van der Waals surface area contributed by atoms with Crippen LogP contribution in [0.4, 0.5) is 0 Å². The van der Waals surface area contributed by atoms with Gasteiger partial charge in [-0.2, -0.15) is 0 Å². The zero-order valence-corrected chi connectivity index (χ0v) is 19.0.